The van der Waals surface area contributed by atoms with Crippen LogP contribution in [-0.2, 0) is 4.74 Å². The Labute approximate surface area is 126 Å². The van der Waals surface area contributed by atoms with E-state index >= 15 is 0 Å². The molecule has 0 spiro atoms. The van der Waals surface area contributed by atoms with Crippen LogP contribution in [0.2, 0.25) is 0 Å². The average molecular weight is 307 g/mol. The van der Waals surface area contributed by atoms with Gasteiger partial charge in [-0.15, -0.1) is 5.10 Å². The Kier molecular flexibility index (Phi) is 5.88. The summed E-state index contributed by atoms with van der Waals surface area (Å²) < 4.78 is 30.6. The van der Waals surface area contributed by atoms with E-state index in [0.29, 0.717) is 17.7 Å². The predicted octanol–water partition coefficient (Wildman–Crippen LogP) is 2.94. The lowest BCUT2D eigenvalue weighted by Gasteiger charge is -2.07. The summed E-state index contributed by atoms with van der Waals surface area (Å²) in [5.41, 5.74) is 0.926. The van der Waals surface area contributed by atoms with Gasteiger partial charge in [0.2, 0.25) is 0 Å². The summed E-state index contributed by atoms with van der Waals surface area (Å²) in [7, 11) is 0. The highest BCUT2D eigenvalue weighted by Gasteiger charge is 2.15. The summed E-state index contributed by atoms with van der Waals surface area (Å²) in [6.07, 6.45) is 5.28. The van der Waals surface area contributed by atoms with E-state index in [1.165, 1.54) is 18.5 Å². The van der Waals surface area contributed by atoms with Crippen molar-refractivity contribution in [3.05, 3.63) is 35.1 Å². The number of alkyl halides is 1. The minimum atomic E-state index is -0.885. The van der Waals surface area contributed by atoms with Crippen LogP contribution in [0.25, 0.3) is 0 Å². The van der Waals surface area contributed by atoms with Crippen LogP contribution in [0.5, 0.6) is 0 Å². The Hall–Kier alpha value is -2.44. The van der Waals surface area contributed by atoms with Gasteiger partial charge >= 0.3 is 5.97 Å². The first-order valence-electron chi connectivity index (χ1n) is 6.85. The largest absolute Gasteiger partial charge is 0.459 e. The van der Waals surface area contributed by atoms with Crippen molar-refractivity contribution in [2.75, 3.05) is 13.3 Å². The summed E-state index contributed by atoms with van der Waals surface area (Å²) in [4.78, 5) is 15.5. The Morgan fingerprint density at radius 2 is 2.23 bits per heavy atom. The van der Waals surface area contributed by atoms with Crippen LogP contribution in [0, 0.1) is 5.82 Å². The summed E-state index contributed by atoms with van der Waals surface area (Å²) in [6, 6.07) is 4.09. The van der Waals surface area contributed by atoms with Crippen molar-refractivity contribution >= 4 is 24.2 Å². The summed E-state index contributed by atoms with van der Waals surface area (Å²) in [5.74, 6) is -1.62. The first kappa shape index (κ1) is 15.9. The monoisotopic (exact) mass is 307 g/mol. The molecule has 0 aliphatic carbocycles. The standard InChI is InChI=1S/C15H15F2N3O2/c16-6-8-22-15(21)12-5-4-11(9-13(12)17)14-3-1-2-7-18-10-19-20-14/h4-5,7,9-10H,1-3,6,8H2/b18-7?,19-10-,20-14+. The quantitative estimate of drug-likeness (QED) is 0.803. The van der Waals surface area contributed by atoms with Gasteiger partial charge in [0.15, 0.2) is 0 Å². The van der Waals surface area contributed by atoms with Crippen LogP contribution >= 0.6 is 0 Å². The molecule has 7 heteroatoms. The van der Waals surface area contributed by atoms with E-state index in [-0.39, 0.29) is 12.2 Å². The molecule has 5 nitrogen and oxygen atoms in total. The van der Waals surface area contributed by atoms with E-state index in [2.05, 4.69) is 19.9 Å². The Morgan fingerprint density at radius 3 is 3.00 bits per heavy atom. The number of halogens is 2. The van der Waals surface area contributed by atoms with Gasteiger partial charge in [-0.1, -0.05) is 6.07 Å². The normalized spacial score (nSPS) is 18.5. The molecule has 0 atom stereocenters. The summed E-state index contributed by atoms with van der Waals surface area (Å²) >= 11 is 0. The number of aliphatic imine (C=N–C) groups is 1. The molecular formula is C15H15F2N3O2. The number of carbonyl (C=O) groups excluding carboxylic acids is 1. The van der Waals surface area contributed by atoms with Crippen molar-refractivity contribution in [3.8, 4) is 0 Å². The van der Waals surface area contributed by atoms with Gasteiger partial charge in [0, 0.05) is 11.8 Å². The van der Waals surface area contributed by atoms with E-state index in [9.17, 15) is 13.6 Å². The fourth-order valence-corrected chi connectivity index (χ4v) is 1.93. The van der Waals surface area contributed by atoms with E-state index in [1.54, 1.807) is 12.3 Å². The molecule has 0 saturated carbocycles. The number of hydrogen-bond donors (Lipinski definition) is 0. The first-order valence-corrected chi connectivity index (χ1v) is 6.85. The number of ether oxygens (including phenoxy) is 1. The number of rotatable bonds is 4. The van der Waals surface area contributed by atoms with Gasteiger partial charge < -0.3 is 4.74 Å². The molecule has 0 saturated heterocycles. The van der Waals surface area contributed by atoms with Gasteiger partial charge in [-0.05, 0) is 31.4 Å². The number of carbonyl (C=O) groups is 1. The molecule has 22 heavy (non-hydrogen) atoms. The second kappa shape index (κ2) is 8.11. The number of benzene rings is 1. The summed E-state index contributed by atoms with van der Waals surface area (Å²) in [5, 5.41) is 7.80. The van der Waals surface area contributed by atoms with Crippen LogP contribution in [0.15, 0.2) is 33.4 Å². The molecule has 0 amide bonds. The van der Waals surface area contributed by atoms with Crippen molar-refractivity contribution < 1.29 is 18.3 Å². The third-order valence-corrected chi connectivity index (χ3v) is 2.98. The van der Waals surface area contributed by atoms with Gasteiger partial charge in [-0.3, -0.25) is 0 Å². The molecule has 1 aromatic rings. The second-order valence-electron chi connectivity index (χ2n) is 4.52. The van der Waals surface area contributed by atoms with Crippen molar-refractivity contribution in [2.24, 2.45) is 15.2 Å². The highest BCUT2D eigenvalue weighted by Crippen LogP contribution is 2.15. The molecule has 0 radical (unpaired) electrons. The second-order valence-corrected chi connectivity index (χ2v) is 4.52. The maximum absolute atomic E-state index is 14.0. The van der Waals surface area contributed by atoms with Crippen molar-refractivity contribution in [1.82, 2.24) is 0 Å². The van der Waals surface area contributed by atoms with Crippen molar-refractivity contribution in [2.45, 2.75) is 19.3 Å². The predicted molar refractivity (Wildman–Crippen MR) is 80.0 cm³/mol. The molecule has 0 aromatic heterocycles. The molecule has 0 bridgehead atoms. The zero-order valence-corrected chi connectivity index (χ0v) is 11.8. The lowest BCUT2D eigenvalue weighted by atomic mass is 10.0. The Balaban J connectivity index is 2.20. The fourth-order valence-electron chi connectivity index (χ4n) is 1.93. The SMILES string of the molecule is O=C(OCCF)c1ccc(/C2=N/N=C\N=CCCC2)cc1F. The molecule has 1 aromatic carbocycles. The van der Waals surface area contributed by atoms with E-state index in [1.807, 2.05) is 0 Å². The van der Waals surface area contributed by atoms with Gasteiger partial charge in [-0.25, -0.2) is 18.6 Å². The Morgan fingerprint density at radius 1 is 1.36 bits per heavy atom. The zero-order valence-electron chi connectivity index (χ0n) is 11.8. The topological polar surface area (TPSA) is 63.4 Å². The van der Waals surface area contributed by atoms with Crippen LogP contribution in [-0.4, -0.2) is 37.5 Å². The maximum atomic E-state index is 14.0. The van der Waals surface area contributed by atoms with Gasteiger partial charge in [0.1, 0.15) is 25.4 Å². The highest BCUT2D eigenvalue weighted by atomic mass is 19.1. The number of nitrogens with zero attached hydrogens (tertiary/aromatic N) is 3. The van der Waals surface area contributed by atoms with Gasteiger partial charge in [0.25, 0.3) is 0 Å². The Bertz CT molecular complexity index is 627. The van der Waals surface area contributed by atoms with Crippen LogP contribution < -0.4 is 0 Å². The minimum absolute atomic E-state index is 0.229. The average Bonchev–Trinajstić information content (AvgIpc) is 2.66. The van der Waals surface area contributed by atoms with Crippen LogP contribution in [0.4, 0.5) is 8.78 Å². The third kappa shape index (κ3) is 4.28. The molecule has 1 heterocycles. The molecule has 116 valence electrons. The van der Waals surface area contributed by atoms with E-state index in [0.717, 1.165) is 12.8 Å². The third-order valence-electron chi connectivity index (χ3n) is 2.98. The summed E-state index contributed by atoms with van der Waals surface area (Å²) in [6.45, 7) is -1.19. The molecule has 0 fully saturated rings. The molecule has 0 unspecified atom stereocenters. The van der Waals surface area contributed by atoms with E-state index < -0.39 is 18.5 Å². The van der Waals surface area contributed by atoms with Crippen molar-refractivity contribution in [3.63, 3.8) is 0 Å². The molecule has 0 N–H and O–H groups in total. The van der Waals surface area contributed by atoms with Crippen molar-refractivity contribution in [1.29, 1.82) is 0 Å². The van der Waals surface area contributed by atoms with E-state index in [4.69, 9.17) is 0 Å². The number of esters is 1. The smallest absolute Gasteiger partial charge is 0.341 e. The lowest BCUT2D eigenvalue weighted by molar-refractivity contribution is 0.0476. The molecular weight excluding hydrogens is 292 g/mol. The lowest BCUT2D eigenvalue weighted by Crippen LogP contribution is -2.11. The molecule has 1 aliphatic heterocycles. The highest BCUT2D eigenvalue weighted by molar-refractivity contribution is 6.01. The number of hydrogen-bond acceptors (Lipinski definition) is 5. The molecule has 2 rings (SSSR count). The van der Waals surface area contributed by atoms with Crippen LogP contribution in [0.1, 0.15) is 35.2 Å². The van der Waals surface area contributed by atoms with Crippen LogP contribution in [0.3, 0.4) is 0 Å². The zero-order chi connectivity index (χ0) is 15.8. The fraction of sp³-hybridized carbons (Fsp3) is 0.333. The first-order chi connectivity index (χ1) is 10.7. The minimum Gasteiger partial charge on any atom is -0.459 e. The molecule has 1 aliphatic rings. The van der Waals surface area contributed by atoms with Gasteiger partial charge in [-0.2, -0.15) is 5.10 Å². The van der Waals surface area contributed by atoms with Gasteiger partial charge in [0.05, 0.1) is 11.3 Å². The maximum Gasteiger partial charge on any atom is 0.341 e.